The van der Waals surface area contributed by atoms with Gasteiger partial charge < -0.3 is 0 Å². The molecule has 12 heavy (non-hydrogen) atoms. The quantitative estimate of drug-likeness (QED) is 0.636. The van der Waals surface area contributed by atoms with Crippen LogP contribution in [0, 0.1) is 0 Å². The second-order valence-electron chi connectivity index (χ2n) is 2.54. The molecule has 2 heteroatoms. The lowest BCUT2D eigenvalue weighted by atomic mass is 10.2. The molecule has 0 aromatic heterocycles. The highest BCUT2D eigenvalue weighted by Crippen LogP contribution is 2.04. The molecule has 0 spiro atoms. The van der Waals surface area contributed by atoms with Crippen molar-refractivity contribution in [1.82, 2.24) is 0 Å². The number of aliphatic imine (C=N–C) groups is 1. The Morgan fingerprint density at radius 3 is 2.58 bits per heavy atom. The molecule has 0 aliphatic rings. The first-order valence-corrected chi connectivity index (χ1v) is 4.47. The molecule has 0 fully saturated rings. The molecule has 0 aliphatic heterocycles. The van der Waals surface area contributed by atoms with Gasteiger partial charge in [-0.15, -0.1) is 0 Å². The predicted molar refractivity (Wildman–Crippen MR) is 54.0 cm³/mol. The van der Waals surface area contributed by atoms with Crippen LogP contribution in [0.25, 0.3) is 0 Å². The van der Waals surface area contributed by atoms with Crippen LogP contribution in [0.2, 0.25) is 0 Å². The fraction of sp³-hybridized carbons (Fsp3) is 0.300. The zero-order chi connectivity index (χ0) is 8.81. The minimum atomic E-state index is 0.609. The van der Waals surface area contributed by atoms with E-state index >= 15 is 0 Å². The van der Waals surface area contributed by atoms with Crippen LogP contribution < -0.4 is 0 Å². The molecule has 0 saturated heterocycles. The molecule has 0 amide bonds. The summed E-state index contributed by atoms with van der Waals surface area (Å²) in [6, 6.07) is 9.80. The standard InChI is InChI=1S/C10H12ClN/c1-2-8-12-10(11)9-6-4-3-5-7-9/h3-7H,2,8H2,1H3/b12-10-. The molecule has 1 nitrogen and oxygen atoms in total. The van der Waals surface area contributed by atoms with Gasteiger partial charge in [-0.3, -0.25) is 4.99 Å². The summed E-state index contributed by atoms with van der Waals surface area (Å²) in [7, 11) is 0. The molecular formula is C10H12ClN. The molecule has 64 valence electrons. The van der Waals surface area contributed by atoms with Gasteiger partial charge in [-0.05, 0) is 6.42 Å². The third kappa shape index (κ3) is 2.67. The zero-order valence-electron chi connectivity index (χ0n) is 7.13. The molecule has 0 bridgehead atoms. The monoisotopic (exact) mass is 181 g/mol. The van der Waals surface area contributed by atoms with E-state index in [1.54, 1.807) is 0 Å². The topological polar surface area (TPSA) is 12.4 Å². The maximum Gasteiger partial charge on any atom is 0.130 e. The van der Waals surface area contributed by atoms with Crippen LogP contribution in [0.1, 0.15) is 18.9 Å². The van der Waals surface area contributed by atoms with E-state index in [0.717, 1.165) is 18.5 Å². The summed E-state index contributed by atoms with van der Waals surface area (Å²) in [5.74, 6) is 0. The summed E-state index contributed by atoms with van der Waals surface area (Å²) >= 11 is 5.93. The smallest absolute Gasteiger partial charge is 0.130 e. The predicted octanol–water partition coefficient (Wildman–Crippen LogP) is 3.08. The summed E-state index contributed by atoms with van der Waals surface area (Å²) in [5, 5.41) is 0.609. The fourth-order valence-electron chi connectivity index (χ4n) is 0.877. The van der Waals surface area contributed by atoms with Gasteiger partial charge in [0.2, 0.25) is 0 Å². The van der Waals surface area contributed by atoms with Crippen LogP contribution in [0.5, 0.6) is 0 Å². The first kappa shape index (κ1) is 9.27. The Balaban J connectivity index is 2.71. The summed E-state index contributed by atoms with van der Waals surface area (Å²) in [6.45, 7) is 2.88. The van der Waals surface area contributed by atoms with Gasteiger partial charge in [-0.1, -0.05) is 48.9 Å². The Kier molecular flexibility index (Phi) is 3.81. The van der Waals surface area contributed by atoms with Crippen molar-refractivity contribution in [2.45, 2.75) is 13.3 Å². The average molecular weight is 182 g/mol. The van der Waals surface area contributed by atoms with Crippen molar-refractivity contribution in [2.75, 3.05) is 6.54 Å². The summed E-state index contributed by atoms with van der Waals surface area (Å²) in [4.78, 5) is 4.19. The van der Waals surface area contributed by atoms with Gasteiger partial charge in [0, 0.05) is 12.1 Å². The highest BCUT2D eigenvalue weighted by Gasteiger charge is 1.95. The molecule has 0 saturated carbocycles. The molecule has 0 radical (unpaired) electrons. The highest BCUT2D eigenvalue weighted by molar-refractivity contribution is 6.69. The highest BCUT2D eigenvalue weighted by atomic mass is 35.5. The van der Waals surface area contributed by atoms with E-state index in [4.69, 9.17) is 11.6 Å². The van der Waals surface area contributed by atoms with Gasteiger partial charge in [0.05, 0.1) is 0 Å². The minimum absolute atomic E-state index is 0.609. The minimum Gasteiger partial charge on any atom is -0.273 e. The lowest BCUT2D eigenvalue weighted by Gasteiger charge is -1.96. The number of hydrogen-bond donors (Lipinski definition) is 0. The molecule has 0 atom stereocenters. The first-order valence-electron chi connectivity index (χ1n) is 4.10. The van der Waals surface area contributed by atoms with Crippen LogP contribution in [-0.2, 0) is 0 Å². The van der Waals surface area contributed by atoms with Crippen molar-refractivity contribution in [3.8, 4) is 0 Å². The molecule has 0 unspecified atom stereocenters. The largest absolute Gasteiger partial charge is 0.273 e. The van der Waals surface area contributed by atoms with Crippen molar-refractivity contribution in [3.05, 3.63) is 35.9 Å². The van der Waals surface area contributed by atoms with Gasteiger partial charge in [-0.2, -0.15) is 0 Å². The molecule has 0 aliphatic carbocycles. The van der Waals surface area contributed by atoms with Crippen LogP contribution in [-0.4, -0.2) is 11.7 Å². The van der Waals surface area contributed by atoms with Gasteiger partial charge in [0.25, 0.3) is 0 Å². The van der Waals surface area contributed by atoms with E-state index in [1.165, 1.54) is 0 Å². The van der Waals surface area contributed by atoms with E-state index in [2.05, 4.69) is 11.9 Å². The zero-order valence-corrected chi connectivity index (χ0v) is 7.88. The molecular weight excluding hydrogens is 170 g/mol. The average Bonchev–Trinajstić information content (AvgIpc) is 2.15. The SMILES string of the molecule is CCC/N=C(\Cl)c1ccccc1. The van der Waals surface area contributed by atoms with Crippen molar-refractivity contribution < 1.29 is 0 Å². The van der Waals surface area contributed by atoms with Gasteiger partial charge in [0.15, 0.2) is 0 Å². The van der Waals surface area contributed by atoms with E-state index in [1.807, 2.05) is 30.3 Å². The molecule has 1 aromatic rings. The van der Waals surface area contributed by atoms with E-state index in [9.17, 15) is 0 Å². The Morgan fingerprint density at radius 1 is 1.33 bits per heavy atom. The van der Waals surface area contributed by atoms with Gasteiger partial charge >= 0.3 is 0 Å². The summed E-state index contributed by atoms with van der Waals surface area (Å²) < 4.78 is 0. The lowest BCUT2D eigenvalue weighted by molar-refractivity contribution is 0.935. The summed E-state index contributed by atoms with van der Waals surface area (Å²) in [6.07, 6.45) is 1.03. The normalized spacial score (nSPS) is 11.7. The van der Waals surface area contributed by atoms with E-state index in [-0.39, 0.29) is 0 Å². The number of nitrogens with zero attached hydrogens (tertiary/aromatic N) is 1. The third-order valence-electron chi connectivity index (χ3n) is 1.49. The fourth-order valence-corrected chi connectivity index (χ4v) is 1.09. The number of hydrogen-bond acceptors (Lipinski definition) is 1. The van der Waals surface area contributed by atoms with Crippen LogP contribution >= 0.6 is 11.6 Å². The number of benzene rings is 1. The van der Waals surface area contributed by atoms with Gasteiger partial charge in [0.1, 0.15) is 5.17 Å². The van der Waals surface area contributed by atoms with Crippen LogP contribution in [0.15, 0.2) is 35.3 Å². The van der Waals surface area contributed by atoms with Crippen molar-refractivity contribution in [3.63, 3.8) is 0 Å². The molecule has 0 N–H and O–H groups in total. The second kappa shape index (κ2) is 4.94. The Labute approximate surface area is 78.1 Å². The van der Waals surface area contributed by atoms with Crippen molar-refractivity contribution in [2.24, 2.45) is 4.99 Å². The lowest BCUT2D eigenvalue weighted by Crippen LogP contribution is -1.91. The number of halogens is 1. The molecule has 1 rings (SSSR count). The molecule has 0 heterocycles. The summed E-state index contributed by atoms with van der Waals surface area (Å²) in [5.41, 5.74) is 0.993. The van der Waals surface area contributed by atoms with Crippen LogP contribution in [0.3, 0.4) is 0 Å². The second-order valence-corrected chi connectivity index (χ2v) is 2.90. The van der Waals surface area contributed by atoms with Crippen LogP contribution in [0.4, 0.5) is 0 Å². The maximum atomic E-state index is 5.93. The third-order valence-corrected chi connectivity index (χ3v) is 1.82. The Bertz CT molecular complexity index is 254. The first-order chi connectivity index (χ1) is 5.84. The maximum absolute atomic E-state index is 5.93. The Morgan fingerprint density at radius 2 is 2.00 bits per heavy atom. The number of rotatable bonds is 3. The van der Waals surface area contributed by atoms with Gasteiger partial charge in [-0.25, -0.2) is 0 Å². The van der Waals surface area contributed by atoms with Crippen molar-refractivity contribution >= 4 is 16.8 Å². The van der Waals surface area contributed by atoms with E-state index in [0.29, 0.717) is 5.17 Å². The van der Waals surface area contributed by atoms with Crippen molar-refractivity contribution in [1.29, 1.82) is 0 Å². The van der Waals surface area contributed by atoms with E-state index < -0.39 is 0 Å². The molecule has 1 aromatic carbocycles. The Hall–Kier alpha value is -0.820.